The minimum absolute atomic E-state index is 0. The molecule has 3 N–H and O–H groups in total. The normalized spacial score (nSPS) is 16.0. The number of aliphatic hydroxyl groups is 1. The predicted octanol–water partition coefficient (Wildman–Crippen LogP) is 9.27. The van der Waals surface area contributed by atoms with Crippen molar-refractivity contribution >= 4 is 53.0 Å². The van der Waals surface area contributed by atoms with E-state index < -0.39 is 0 Å². The number of halogens is 1. The first kappa shape index (κ1) is 87.0. The molecule has 12 rings (SSSR count). The van der Waals surface area contributed by atoms with Gasteiger partial charge in [0.1, 0.15) is 5.78 Å². The number of nitrogens with one attached hydrogen (secondary N) is 2. The Morgan fingerprint density at radius 2 is 0.860 bits per heavy atom. The molecule has 509 valence electrons. The Balaban J connectivity index is -0.00000107. The molecule has 1 unspecified atom stereocenters. The summed E-state index contributed by atoms with van der Waals surface area (Å²) in [5, 5.41) is 15.0. The van der Waals surface area contributed by atoms with Gasteiger partial charge in [0, 0.05) is 96.6 Å². The number of fused-ring (bicyclic) bond motifs is 5. The first-order chi connectivity index (χ1) is 41.3. The second-order valence-corrected chi connectivity index (χ2v) is 25.4. The molecule has 18 heteroatoms. The average molecular weight is 1300 g/mol. The molecule has 7 aliphatic heterocycles. The Morgan fingerprint density at radius 3 is 1.22 bits per heavy atom. The van der Waals surface area contributed by atoms with Crippen molar-refractivity contribution in [1.82, 2.24) is 35.1 Å². The summed E-state index contributed by atoms with van der Waals surface area (Å²) < 4.78 is 0. The SMILES string of the molecule is C.C.C.C.CC(=O)CN1CCc2cc(C)ccc2C1=O.CCCN1CCc2cc(C)ccc2C1=O.Cc1ccc2c(c1)CCN(CCN1CCC(C)CC1)C2=O.Cc1ccc2c(c1)CCN(CCO)C2=O.Cc1ccc2c(c1)CCNC2=O.F.PC1CCNCC1.[3HH].[B].[H-].[Li+]. The van der Waals surface area contributed by atoms with Gasteiger partial charge in [-0.15, -0.1) is 9.24 Å². The summed E-state index contributed by atoms with van der Waals surface area (Å²) in [6.45, 7) is 28.4. The Bertz CT molecular complexity index is 3110. The van der Waals surface area contributed by atoms with Crippen LogP contribution >= 0.6 is 9.24 Å². The smallest absolute Gasteiger partial charge is 1.00 e. The quantitative estimate of drug-likeness (QED) is 0.0965. The van der Waals surface area contributed by atoms with Crippen LogP contribution in [0.15, 0.2) is 91.0 Å². The molecule has 7 heterocycles. The molecule has 5 aromatic rings. The van der Waals surface area contributed by atoms with E-state index in [4.69, 9.17) is 5.11 Å². The van der Waals surface area contributed by atoms with Gasteiger partial charge in [-0.05, 0) is 202 Å². The molecule has 2 saturated heterocycles. The van der Waals surface area contributed by atoms with E-state index in [2.05, 4.69) is 82.8 Å². The maximum Gasteiger partial charge on any atom is 1.00 e. The van der Waals surface area contributed by atoms with Crippen molar-refractivity contribution in [3.05, 3.63) is 174 Å². The molecular formula is C75H116BFLiN7O7P. The fourth-order valence-corrected chi connectivity index (χ4v) is 12.4. The van der Waals surface area contributed by atoms with Crippen LogP contribution < -0.4 is 29.5 Å². The van der Waals surface area contributed by atoms with Crippen molar-refractivity contribution in [3.8, 4) is 0 Å². The van der Waals surface area contributed by atoms with Crippen LogP contribution in [0, 0.1) is 40.5 Å². The van der Waals surface area contributed by atoms with Crippen LogP contribution in [0.25, 0.3) is 0 Å². The van der Waals surface area contributed by atoms with E-state index in [1.807, 2.05) is 91.2 Å². The van der Waals surface area contributed by atoms with Gasteiger partial charge >= 0.3 is 18.9 Å². The first-order valence-electron chi connectivity index (χ1n) is 31.5. The molecular weight excluding hydrogens is 1180 g/mol. The summed E-state index contributed by atoms with van der Waals surface area (Å²) in [6, 6.07) is 30.1. The fourth-order valence-electron chi connectivity index (χ4n) is 12.1. The number of β-amino-alcohol motifs (C(OH)–C–C–N with tert-alkyl or cyclic N) is 1. The van der Waals surface area contributed by atoms with Crippen molar-refractivity contribution in [2.45, 2.75) is 155 Å². The van der Waals surface area contributed by atoms with Crippen LogP contribution in [0.3, 0.4) is 0 Å². The van der Waals surface area contributed by atoms with Crippen molar-refractivity contribution in [2.75, 3.05) is 98.2 Å². The van der Waals surface area contributed by atoms with Gasteiger partial charge in [0.2, 0.25) is 0 Å². The minimum atomic E-state index is -0.0172. The van der Waals surface area contributed by atoms with Crippen molar-refractivity contribution in [3.63, 3.8) is 0 Å². The molecule has 0 aliphatic carbocycles. The number of hydrogen-bond acceptors (Lipinski definition) is 9. The topological polar surface area (TPSA) is 163 Å². The third-order valence-electron chi connectivity index (χ3n) is 17.1. The second-order valence-electron chi connectivity index (χ2n) is 24.4. The number of likely N-dealkylation sites (tertiary alicyclic amines) is 1. The zero-order valence-corrected chi connectivity index (χ0v) is 55.8. The van der Waals surface area contributed by atoms with E-state index in [9.17, 15) is 28.8 Å². The van der Waals surface area contributed by atoms with Gasteiger partial charge in [0.15, 0.2) is 0 Å². The minimum Gasteiger partial charge on any atom is -1.00 e. The number of nitrogens with zero attached hydrogens (tertiary/aromatic N) is 5. The molecule has 5 amide bonds. The number of piperidine rings is 2. The van der Waals surface area contributed by atoms with E-state index in [0.717, 1.165) is 135 Å². The first-order valence-corrected chi connectivity index (χ1v) is 32.2. The van der Waals surface area contributed by atoms with Crippen LogP contribution in [0.4, 0.5) is 4.70 Å². The number of carbonyl (C=O) groups is 6. The van der Waals surface area contributed by atoms with E-state index in [1.165, 1.54) is 103 Å². The molecule has 2 fully saturated rings. The third kappa shape index (κ3) is 25.6. The maximum atomic E-state index is 12.6. The fraction of sp³-hybridized carbons (Fsp3) is 0.520. The standard InChI is InChI=1S/C18H26N2O.C13H15NO2.C13H17NO.C12H15NO2.C10H11NO.C5H12NP.4CH4.B.FH.Li.H2.H/c1-14-5-8-19(9-6-14)11-12-20-10-7-16-13-15(2)3-4-17(16)18(20)21;1-9-3-4-12-11(7-9)5-6-14(13(12)16)8-10(2)15;1-3-7-14-8-6-11-9-10(2)4-5-12(11)13(14)15;1-9-2-3-11-10(8-9)4-5-13(6-7-14)12(11)15;1-7-2-3-9-8(6-7)4-5-11-10(9)12;7-5-1-3-6-4-2-5;;;;;;;;;/h3-4,13-14H,5-12H2,1-2H3;3-4,7H,5-6,8H2,1-2H3;4-5,9H,3,6-8H2,1-2H3;2-3,8,14H,4-7H2,1H3;2-3,6H,4-5H2,1H3,(H,11,12);5-6H,1-4,7H2;4*1H4;;1H;;1H;/q;;;;;;;;;;;;+1;;-1/i;;;;;;;;;;;;;1+2;. The Kier molecular flexibility index (Phi) is 40.4. The molecule has 14 nitrogen and oxygen atoms in total. The summed E-state index contributed by atoms with van der Waals surface area (Å²) in [5.74, 6) is 1.43. The summed E-state index contributed by atoms with van der Waals surface area (Å²) >= 11 is 0. The molecule has 7 aliphatic rings. The number of Topliss-reactive ketones (excluding diaryl/α,β-unsaturated/α-hetero) is 1. The van der Waals surface area contributed by atoms with Crippen LogP contribution in [0.1, 0.15) is 193 Å². The van der Waals surface area contributed by atoms with Crippen LogP contribution in [0.2, 0.25) is 0 Å². The molecule has 3 radical (unpaired) electrons. The largest absolute Gasteiger partial charge is 1.00 e. The van der Waals surface area contributed by atoms with Gasteiger partial charge in [-0.1, -0.05) is 132 Å². The monoisotopic (exact) mass is 1300 g/mol. The maximum absolute atomic E-state index is 12.6. The molecule has 0 bridgehead atoms. The molecule has 5 aromatic carbocycles. The number of hydrogen-bond donors (Lipinski definition) is 3. The average Bonchev–Trinajstić information content (AvgIpc) is 0.850. The van der Waals surface area contributed by atoms with Crippen LogP contribution in [0.5, 0.6) is 0 Å². The number of rotatable bonds is 9. The number of ketones is 1. The second kappa shape index (κ2) is 43.2. The van der Waals surface area contributed by atoms with E-state index in [1.54, 1.807) is 9.80 Å². The number of aliphatic hydroxyl groups excluding tert-OH is 1. The number of carbonyl (C=O) groups excluding carboxylic acids is 6. The Morgan fingerprint density at radius 1 is 0.516 bits per heavy atom. The van der Waals surface area contributed by atoms with Crippen molar-refractivity contribution < 1.29 is 60.3 Å². The summed E-state index contributed by atoms with van der Waals surface area (Å²) in [4.78, 5) is 80.7. The van der Waals surface area contributed by atoms with Gasteiger partial charge in [-0.25, -0.2) is 0 Å². The number of benzene rings is 5. The summed E-state index contributed by atoms with van der Waals surface area (Å²) in [7, 11) is 2.87. The van der Waals surface area contributed by atoms with Gasteiger partial charge in [0.05, 0.1) is 13.2 Å². The predicted molar refractivity (Wildman–Crippen MR) is 387 cm³/mol. The van der Waals surface area contributed by atoms with E-state index in [-0.39, 0.29) is 113 Å². The van der Waals surface area contributed by atoms with Crippen LogP contribution in [-0.4, -0.2) is 177 Å². The van der Waals surface area contributed by atoms with Gasteiger partial charge in [-0.3, -0.25) is 33.5 Å². The molecule has 0 saturated carbocycles. The third-order valence-corrected chi connectivity index (χ3v) is 17.8. The van der Waals surface area contributed by atoms with E-state index in [0.29, 0.717) is 13.1 Å². The van der Waals surface area contributed by atoms with E-state index >= 15 is 0 Å². The molecule has 1 atom stereocenters. The van der Waals surface area contributed by atoms with Gasteiger partial charge < -0.3 is 41.7 Å². The van der Waals surface area contributed by atoms with Gasteiger partial charge in [0.25, 0.3) is 29.5 Å². The summed E-state index contributed by atoms with van der Waals surface area (Å²) in [6.07, 6.45) is 11.0. The summed E-state index contributed by atoms with van der Waals surface area (Å²) in [5.41, 5.74) is 17.0. The Labute approximate surface area is 578 Å². The van der Waals surface area contributed by atoms with Gasteiger partial charge in [-0.2, -0.15) is 0 Å². The molecule has 93 heavy (non-hydrogen) atoms. The van der Waals surface area contributed by atoms with Crippen LogP contribution in [-0.2, 0) is 36.9 Å². The van der Waals surface area contributed by atoms with Crippen molar-refractivity contribution in [1.29, 1.82) is 0 Å². The Hall–Kier alpha value is -5.98. The molecule has 0 aromatic heterocycles. The zero-order valence-electron chi connectivity index (χ0n) is 55.7. The molecule has 0 spiro atoms. The zero-order chi connectivity index (χ0) is 61.9. The van der Waals surface area contributed by atoms with Crippen molar-refractivity contribution in [2.24, 2.45) is 5.92 Å². The number of aryl methyl sites for hydroxylation is 5. The number of amides is 5.